The van der Waals surface area contributed by atoms with E-state index < -0.39 is 4.92 Å². The zero-order chi connectivity index (χ0) is 12.3. The number of thiophene rings is 1. The Bertz CT molecular complexity index is 563. The van der Waals surface area contributed by atoms with Crippen molar-refractivity contribution in [1.82, 2.24) is 0 Å². The summed E-state index contributed by atoms with van der Waals surface area (Å²) >= 11 is 3.34. The Balaban J connectivity index is 2.14. The van der Waals surface area contributed by atoms with E-state index in [1.165, 1.54) is 6.07 Å². The van der Waals surface area contributed by atoms with Crippen LogP contribution < -0.4 is 0 Å². The molecule has 0 N–H and O–H groups in total. The number of benzene rings is 1. The van der Waals surface area contributed by atoms with E-state index in [-0.39, 0.29) is 5.00 Å². The highest BCUT2D eigenvalue weighted by molar-refractivity contribution is 14.1. The van der Waals surface area contributed by atoms with Crippen molar-refractivity contribution in [2.45, 2.75) is 0 Å². The van der Waals surface area contributed by atoms with Crippen molar-refractivity contribution in [3.63, 3.8) is 0 Å². The van der Waals surface area contributed by atoms with Gasteiger partial charge < -0.3 is 0 Å². The number of hydrogen-bond donors (Lipinski definition) is 0. The van der Waals surface area contributed by atoms with Gasteiger partial charge in [0.2, 0.25) is 0 Å². The summed E-state index contributed by atoms with van der Waals surface area (Å²) in [6, 6.07) is 10.9. The van der Waals surface area contributed by atoms with Crippen molar-refractivity contribution in [3.8, 4) is 0 Å². The van der Waals surface area contributed by atoms with Crippen molar-refractivity contribution in [2.75, 3.05) is 0 Å². The molecule has 0 aliphatic heterocycles. The van der Waals surface area contributed by atoms with Crippen molar-refractivity contribution < 1.29 is 4.92 Å². The van der Waals surface area contributed by atoms with Gasteiger partial charge in [-0.3, -0.25) is 15.1 Å². The van der Waals surface area contributed by atoms with Crippen LogP contribution in [0.15, 0.2) is 41.4 Å². The molecule has 0 saturated heterocycles. The summed E-state index contributed by atoms with van der Waals surface area (Å²) in [6.07, 6.45) is 1.64. The van der Waals surface area contributed by atoms with Crippen LogP contribution >= 0.6 is 33.9 Å². The van der Waals surface area contributed by atoms with Gasteiger partial charge in [-0.25, -0.2) is 0 Å². The third kappa shape index (κ3) is 3.34. The highest BCUT2D eigenvalue weighted by atomic mass is 127. The molecule has 0 fully saturated rings. The fraction of sp³-hybridized carbons (Fsp3) is 0. The number of hydrogen-bond acceptors (Lipinski definition) is 4. The Morgan fingerprint density at radius 1 is 1.24 bits per heavy atom. The van der Waals surface area contributed by atoms with E-state index in [0.717, 1.165) is 25.5 Å². The molecule has 1 aromatic heterocycles. The molecule has 17 heavy (non-hydrogen) atoms. The minimum atomic E-state index is -0.396. The molecule has 0 saturated carbocycles. The molecular weight excluding hydrogens is 351 g/mol. The predicted octanol–water partition coefficient (Wildman–Crippen LogP) is 4.01. The third-order valence-corrected chi connectivity index (χ3v) is 3.65. The van der Waals surface area contributed by atoms with Gasteiger partial charge in [0.1, 0.15) is 0 Å². The van der Waals surface area contributed by atoms with Crippen molar-refractivity contribution in [2.24, 2.45) is 4.99 Å². The molecule has 6 heteroatoms. The van der Waals surface area contributed by atoms with E-state index >= 15 is 0 Å². The van der Waals surface area contributed by atoms with Crippen molar-refractivity contribution >= 4 is 50.8 Å². The Morgan fingerprint density at radius 2 is 1.94 bits per heavy atom. The molecule has 0 spiro atoms. The van der Waals surface area contributed by atoms with Crippen LogP contribution in [-0.2, 0) is 0 Å². The summed E-state index contributed by atoms with van der Waals surface area (Å²) < 4.78 is 1.15. The monoisotopic (exact) mass is 358 g/mol. The predicted molar refractivity (Wildman–Crippen MR) is 77.4 cm³/mol. The third-order valence-electron chi connectivity index (χ3n) is 1.96. The van der Waals surface area contributed by atoms with E-state index in [9.17, 15) is 10.1 Å². The summed E-state index contributed by atoms with van der Waals surface area (Å²) in [7, 11) is 0. The lowest BCUT2D eigenvalue weighted by Gasteiger charge is -1.92. The van der Waals surface area contributed by atoms with Gasteiger partial charge in [0, 0.05) is 15.9 Å². The molecule has 0 amide bonds. The molecule has 0 aliphatic rings. The quantitative estimate of drug-likeness (QED) is 0.360. The minimum Gasteiger partial charge on any atom is -0.258 e. The normalized spacial score (nSPS) is 10.9. The highest BCUT2D eigenvalue weighted by Gasteiger charge is 2.07. The number of rotatable bonds is 3. The maximum absolute atomic E-state index is 10.5. The molecule has 0 radical (unpaired) electrons. The smallest absolute Gasteiger partial charge is 0.258 e. The number of aliphatic imine (C=N–C) groups is 1. The first kappa shape index (κ1) is 12.2. The Hall–Kier alpha value is -1.28. The van der Waals surface area contributed by atoms with Gasteiger partial charge in [0.25, 0.3) is 0 Å². The Morgan fingerprint density at radius 3 is 2.53 bits per heavy atom. The number of nitrogens with zero attached hydrogens (tertiary/aromatic N) is 2. The first-order valence-electron chi connectivity index (χ1n) is 4.69. The molecule has 1 aromatic carbocycles. The Labute approximate surface area is 115 Å². The van der Waals surface area contributed by atoms with Gasteiger partial charge >= 0.3 is 5.00 Å². The summed E-state index contributed by atoms with van der Waals surface area (Å²) in [5, 5.41) is 10.6. The van der Waals surface area contributed by atoms with E-state index in [1.54, 1.807) is 12.3 Å². The van der Waals surface area contributed by atoms with E-state index in [4.69, 9.17) is 0 Å². The van der Waals surface area contributed by atoms with Gasteiger partial charge in [-0.05, 0) is 52.9 Å². The average molecular weight is 358 g/mol. The Kier molecular flexibility index (Phi) is 3.85. The maximum Gasteiger partial charge on any atom is 0.324 e. The van der Waals surface area contributed by atoms with Gasteiger partial charge in [-0.2, -0.15) is 0 Å². The van der Waals surface area contributed by atoms with Crippen LogP contribution in [0, 0.1) is 13.7 Å². The fourth-order valence-electron chi connectivity index (χ4n) is 1.18. The van der Waals surface area contributed by atoms with E-state index in [2.05, 4.69) is 27.6 Å². The van der Waals surface area contributed by atoms with Crippen LogP contribution in [0.5, 0.6) is 0 Å². The van der Waals surface area contributed by atoms with Gasteiger partial charge in [-0.1, -0.05) is 11.3 Å². The van der Waals surface area contributed by atoms with Crippen molar-refractivity contribution in [3.05, 3.63) is 55.0 Å². The molecule has 0 unspecified atom stereocenters. The lowest BCUT2D eigenvalue weighted by atomic mass is 10.3. The number of halogens is 1. The van der Waals surface area contributed by atoms with Crippen molar-refractivity contribution in [1.29, 1.82) is 0 Å². The zero-order valence-corrected chi connectivity index (χ0v) is 11.5. The first-order chi connectivity index (χ1) is 8.15. The highest BCUT2D eigenvalue weighted by Crippen LogP contribution is 2.23. The average Bonchev–Trinajstić information content (AvgIpc) is 2.77. The van der Waals surface area contributed by atoms with Crippen LogP contribution in [0.3, 0.4) is 0 Å². The summed E-state index contributed by atoms with van der Waals surface area (Å²) in [4.78, 5) is 15.1. The molecule has 4 nitrogen and oxygen atoms in total. The fourth-order valence-corrected chi connectivity index (χ4v) is 2.23. The molecular formula is C11H7IN2O2S. The number of nitro groups is 1. The molecule has 2 rings (SSSR count). The van der Waals surface area contributed by atoms with Crippen LogP contribution in [0.25, 0.3) is 0 Å². The summed E-state index contributed by atoms with van der Waals surface area (Å²) in [5.74, 6) is 0. The lowest BCUT2D eigenvalue weighted by molar-refractivity contribution is -0.380. The standard InChI is InChI=1S/C11H7IN2O2S/c12-8-1-3-9(4-2-8)13-7-10-5-6-11(17-10)14(15)16/h1-7H/b13-7+. The van der Waals surface area contributed by atoms with Gasteiger partial charge in [-0.15, -0.1) is 0 Å². The second-order valence-corrected chi connectivity index (χ2v) is 5.51. The largest absolute Gasteiger partial charge is 0.324 e. The minimum absolute atomic E-state index is 0.133. The lowest BCUT2D eigenvalue weighted by Crippen LogP contribution is -1.80. The summed E-state index contributed by atoms with van der Waals surface area (Å²) in [6.45, 7) is 0. The summed E-state index contributed by atoms with van der Waals surface area (Å²) in [5.41, 5.74) is 0.835. The first-order valence-corrected chi connectivity index (χ1v) is 6.58. The molecule has 2 aromatic rings. The maximum atomic E-state index is 10.5. The van der Waals surface area contributed by atoms with Crippen LogP contribution in [0.2, 0.25) is 0 Å². The zero-order valence-electron chi connectivity index (χ0n) is 8.54. The molecule has 0 atom stereocenters. The molecule has 0 bridgehead atoms. The van der Waals surface area contributed by atoms with Crippen LogP contribution in [0.4, 0.5) is 10.7 Å². The van der Waals surface area contributed by atoms with Crippen LogP contribution in [-0.4, -0.2) is 11.1 Å². The molecule has 86 valence electrons. The van der Waals surface area contributed by atoms with E-state index in [0.29, 0.717) is 0 Å². The van der Waals surface area contributed by atoms with Crippen LogP contribution in [0.1, 0.15) is 4.88 Å². The SMILES string of the molecule is O=[N+]([O-])c1ccc(/C=N/c2ccc(I)cc2)s1. The van der Waals surface area contributed by atoms with Gasteiger partial charge in [0.15, 0.2) is 0 Å². The molecule has 1 heterocycles. The second kappa shape index (κ2) is 5.37. The van der Waals surface area contributed by atoms with Gasteiger partial charge in [0.05, 0.1) is 15.5 Å². The second-order valence-electron chi connectivity index (χ2n) is 3.17. The van der Waals surface area contributed by atoms with E-state index in [1.807, 2.05) is 24.3 Å². The topological polar surface area (TPSA) is 55.5 Å². The molecule has 0 aliphatic carbocycles.